The number of para-hydroxylation sites is 1. The van der Waals surface area contributed by atoms with Gasteiger partial charge in [-0.15, -0.1) is 0 Å². The zero-order chi connectivity index (χ0) is 19.8. The predicted octanol–water partition coefficient (Wildman–Crippen LogP) is 6.71. The largest absolute Gasteiger partial charge is 0.489 e. The summed E-state index contributed by atoms with van der Waals surface area (Å²) < 4.78 is 6.30. The lowest BCUT2D eigenvalue weighted by Gasteiger charge is -2.39. The van der Waals surface area contributed by atoms with Crippen LogP contribution in [0.15, 0.2) is 78.9 Å². The number of benzene rings is 3. The van der Waals surface area contributed by atoms with Gasteiger partial charge >= 0.3 is 0 Å². The standard InChI is InChI=1S/C27H27NO/c1-18-15-19(2)26-21-12-8-13-22(21)27(28-24(26)16-18)23-11-6-7-14-25(23)29-17-20-9-4-3-5-10-20/h3-12,14-16,21-22,27-28H,13,17H2,1-2H3. The van der Waals surface area contributed by atoms with Gasteiger partial charge in [0.1, 0.15) is 12.4 Å². The first-order valence-corrected chi connectivity index (χ1v) is 10.5. The SMILES string of the molecule is Cc1cc(C)c2c(c1)NC(c1ccccc1OCc1ccccc1)C1CC=CC21. The van der Waals surface area contributed by atoms with E-state index in [9.17, 15) is 0 Å². The van der Waals surface area contributed by atoms with E-state index in [1.165, 1.54) is 33.5 Å². The minimum atomic E-state index is 0.246. The van der Waals surface area contributed by atoms with Crippen LogP contribution in [0.2, 0.25) is 0 Å². The Balaban J connectivity index is 1.50. The highest BCUT2D eigenvalue weighted by Gasteiger charge is 2.39. The number of aryl methyl sites for hydroxylation is 2. The summed E-state index contributed by atoms with van der Waals surface area (Å²) in [5.74, 6) is 1.97. The van der Waals surface area contributed by atoms with E-state index in [0.717, 1.165) is 12.2 Å². The summed E-state index contributed by atoms with van der Waals surface area (Å²) in [7, 11) is 0. The van der Waals surface area contributed by atoms with Gasteiger partial charge in [-0.25, -0.2) is 0 Å². The molecule has 0 aromatic heterocycles. The molecule has 0 saturated heterocycles. The van der Waals surface area contributed by atoms with Crippen molar-refractivity contribution in [1.29, 1.82) is 0 Å². The van der Waals surface area contributed by atoms with Crippen molar-refractivity contribution in [2.45, 2.75) is 38.8 Å². The highest BCUT2D eigenvalue weighted by atomic mass is 16.5. The van der Waals surface area contributed by atoms with E-state index in [4.69, 9.17) is 4.74 Å². The monoisotopic (exact) mass is 381 g/mol. The lowest BCUT2D eigenvalue weighted by molar-refractivity contribution is 0.296. The Kier molecular flexibility index (Phi) is 4.63. The highest BCUT2D eigenvalue weighted by Crippen LogP contribution is 2.52. The van der Waals surface area contributed by atoms with Crippen LogP contribution in [-0.4, -0.2) is 0 Å². The Morgan fingerprint density at radius 2 is 1.76 bits per heavy atom. The minimum Gasteiger partial charge on any atom is -0.489 e. The van der Waals surface area contributed by atoms with E-state index in [1.807, 2.05) is 6.07 Å². The quantitative estimate of drug-likeness (QED) is 0.507. The highest BCUT2D eigenvalue weighted by molar-refractivity contribution is 5.64. The lowest BCUT2D eigenvalue weighted by atomic mass is 9.75. The van der Waals surface area contributed by atoms with E-state index in [2.05, 4.69) is 92.0 Å². The average Bonchev–Trinajstić information content (AvgIpc) is 3.22. The van der Waals surface area contributed by atoms with Gasteiger partial charge in [-0.05, 0) is 60.6 Å². The second kappa shape index (κ2) is 7.44. The zero-order valence-electron chi connectivity index (χ0n) is 17.1. The zero-order valence-corrected chi connectivity index (χ0v) is 17.1. The van der Waals surface area contributed by atoms with E-state index in [0.29, 0.717) is 18.4 Å². The first-order chi connectivity index (χ1) is 14.2. The van der Waals surface area contributed by atoms with Crippen LogP contribution in [0.1, 0.15) is 46.2 Å². The van der Waals surface area contributed by atoms with Crippen molar-refractivity contribution in [3.05, 3.63) is 107 Å². The molecule has 1 N–H and O–H groups in total. The maximum absolute atomic E-state index is 6.30. The van der Waals surface area contributed by atoms with Gasteiger partial charge in [-0.3, -0.25) is 0 Å². The molecule has 0 saturated carbocycles. The second-order valence-electron chi connectivity index (χ2n) is 8.33. The Labute approximate surface area is 173 Å². The Morgan fingerprint density at radius 3 is 2.62 bits per heavy atom. The average molecular weight is 382 g/mol. The van der Waals surface area contributed by atoms with Crippen LogP contribution in [-0.2, 0) is 6.61 Å². The van der Waals surface area contributed by atoms with Crippen LogP contribution in [0.25, 0.3) is 0 Å². The Hall–Kier alpha value is -3.00. The fraction of sp³-hybridized carbons (Fsp3) is 0.259. The molecule has 1 heterocycles. The maximum Gasteiger partial charge on any atom is 0.125 e. The Morgan fingerprint density at radius 1 is 0.966 bits per heavy atom. The first kappa shape index (κ1) is 18.1. The number of anilines is 1. The van der Waals surface area contributed by atoms with Gasteiger partial charge in [-0.2, -0.15) is 0 Å². The fourth-order valence-electron chi connectivity index (χ4n) is 5.05. The molecule has 2 nitrogen and oxygen atoms in total. The molecule has 3 atom stereocenters. The van der Waals surface area contributed by atoms with E-state index in [-0.39, 0.29) is 6.04 Å². The van der Waals surface area contributed by atoms with Crippen LogP contribution in [0.3, 0.4) is 0 Å². The van der Waals surface area contributed by atoms with Gasteiger partial charge in [0, 0.05) is 17.2 Å². The molecule has 0 bridgehead atoms. The predicted molar refractivity (Wildman–Crippen MR) is 119 cm³/mol. The van der Waals surface area contributed by atoms with Crippen LogP contribution < -0.4 is 10.1 Å². The lowest BCUT2D eigenvalue weighted by Crippen LogP contribution is -2.30. The summed E-state index contributed by atoms with van der Waals surface area (Å²) in [6, 6.07) is 23.8. The van der Waals surface area contributed by atoms with E-state index >= 15 is 0 Å². The Bertz CT molecular complexity index is 1050. The van der Waals surface area contributed by atoms with Crippen molar-refractivity contribution in [3.8, 4) is 5.75 Å². The molecule has 0 radical (unpaired) electrons. The third-order valence-corrected chi connectivity index (χ3v) is 6.31. The van der Waals surface area contributed by atoms with Crippen molar-refractivity contribution < 1.29 is 4.74 Å². The number of allylic oxidation sites excluding steroid dienone is 2. The maximum atomic E-state index is 6.30. The van der Waals surface area contributed by atoms with Gasteiger partial charge in [0.15, 0.2) is 0 Å². The van der Waals surface area contributed by atoms with Crippen molar-refractivity contribution in [2.24, 2.45) is 5.92 Å². The normalized spacial score (nSPS) is 21.9. The van der Waals surface area contributed by atoms with Crippen LogP contribution in [0, 0.1) is 19.8 Å². The molecule has 2 heteroatoms. The molecule has 146 valence electrons. The van der Waals surface area contributed by atoms with Crippen molar-refractivity contribution in [3.63, 3.8) is 0 Å². The summed E-state index contributed by atoms with van der Waals surface area (Å²) in [6.45, 7) is 5.01. The van der Waals surface area contributed by atoms with Gasteiger partial charge in [0.25, 0.3) is 0 Å². The summed E-state index contributed by atoms with van der Waals surface area (Å²) in [5, 5.41) is 3.88. The van der Waals surface area contributed by atoms with Crippen LogP contribution >= 0.6 is 0 Å². The first-order valence-electron chi connectivity index (χ1n) is 10.5. The minimum absolute atomic E-state index is 0.246. The summed E-state index contributed by atoms with van der Waals surface area (Å²) in [4.78, 5) is 0. The van der Waals surface area contributed by atoms with Crippen molar-refractivity contribution in [1.82, 2.24) is 0 Å². The van der Waals surface area contributed by atoms with Crippen molar-refractivity contribution in [2.75, 3.05) is 5.32 Å². The van der Waals surface area contributed by atoms with Crippen LogP contribution in [0.5, 0.6) is 5.75 Å². The molecule has 1 aliphatic carbocycles. The topological polar surface area (TPSA) is 21.3 Å². The molecule has 3 aromatic rings. The third-order valence-electron chi connectivity index (χ3n) is 6.31. The summed E-state index contributed by atoms with van der Waals surface area (Å²) in [6.07, 6.45) is 5.86. The second-order valence-corrected chi connectivity index (χ2v) is 8.33. The molecule has 3 aromatic carbocycles. The number of ether oxygens (including phenoxy) is 1. The van der Waals surface area contributed by atoms with Crippen molar-refractivity contribution >= 4 is 5.69 Å². The smallest absolute Gasteiger partial charge is 0.125 e. The van der Waals surface area contributed by atoms with Gasteiger partial charge in [0.05, 0.1) is 6.04 Å². The number of nitrogens with one attached hydrogen (secondary N) is 1. The van der Waals surface area contributed by atoms with Crippen LogP contribution in [0.4, 0.5) is 5.69 Å². The number of fused-ring (bicyclic) bond motifs is 3. The molecule has 0 fully saturated rings. The van der Waals surface area contributed by atoms with E-state index < -0.39 is 0 Å². The molecule has 3 unspecified atom stereocenters. The third kappa shape index (κ3) is 3.33. The molecular formula is C27H27NO. The molecule has 29 heavy (non-hydrogen) atoms. The number of rotatable bonds is 4. The van der Waals surface area contributed by atoms with E-state index in [1.54, 1.807) is 0 Å². The molecule has 2 aliphatic rings. The molecule has 0 spiro atoms. The molecular weight excluding hydrogens is 354 g/mol. The van der Waals surface area contributed by atoms with Gasteiger partial charge < -0.3 is 10.1 Å². The van der Waals surface area contributed by atoms with Gasteiger partial charge in [-0.1, -0.05) is 66.7 Å². The molecule has 5 rings (SSSR count). The number of hydrogen-bond donors (Lipinski definition) is 1. The summed E-state index contributed by atoms with van der Waals surface area (Å²) >= 11 is 0. The summed E-state index contributed by atoms with van der Waals surface area (Å²) in [5.41, 5.74) is 7.89. The number of hydrogen-bond acceptors (Lipinski definition) is 2. The molecule has 1 aliphatic heterocycles. The van der Waals surface area contributed by atoms with Gasteiger partial charge in [0.2, 0.25) is 0 Å². The molecule has 0 amide bonds. The fourth-order valence-corrected chi connectivity index (χ4v) is 5.05.